The van der Waals surface area contributed by atoms with E-state index in [4.69, 9.17) is 4.42 Å². The van der Waals surface area contributed by atoms with Gasteiger partial charge in [0, 0.05) is 24.0 Å². The van der Waals surface area contributed by atoms with Crippen LogP contribution in [0.3, 0.4) is 0 Å². The summed E-state index contributed by atoms with van der Waals surface area (Å²) in [6.07, 6.45) is 2.58. The van der Waals surface area contributed by atoms with E-state index in [1.54, 1.807) is 13.0 Å². The molecular formula is C22H23FN2O2. The number of halogens is 1. The maximum absolute atomic E-state index is 13.4. The normalized spacial score (nSPS) is 14.7. The summed E-state index contributed by atoms with van der Waals surface area (Å²) >= 11 is 0. The molecule has 0 radical (unpaired) electrons. The Bertz CT molecular complexity index is 956. The van der Waals surface area contributed by atoms with Gasteiger partial charge in [0.15, 0.2) is 5.76 Å². The van der Waals surface area contributed by atoms with Gasteiger partial charge in [0.05, 0.1) is 0 Å². The first kappa shape index (κ1) is 17.7. The molecule has 1 aliphatic rings. The second kappa shape index (κ2) is 7.53. The van der Waals surface area contributed by atoms with E-state index in [0.717, 1.165) is 12.1 Å². The molecule has 0 bridgehead atoms. The van der Waals surface area contributed by atoms with Crippen molar-refractivity contribution in [2.45, 2.75) is 32.9 Å². The van der Waals surface area contributed by atoms with Crippen LogP contribution in [0.15, 0.2) is 46.9 Å². The first-order valence-corrected chi connectivity index (χ1v) is 9.37. The van der Waals surface area contributed by atoms with Gasteiger partial charge >= 0.3 is 0 Å². The minimum Gasteiger partial charge on any atom is -0.451 e. The van der Waals surface area contributed by atoms with E-state index in [9.17, 15) is 9.18 Å². The SMILES string of the molecule is Cc1c(C(=O)NCc2ccc(CN3CCCC3)cc2)oc2ccc(F)cc12. The van der Waals surface area contributed by atoms with E-state index in [-0.39, 0.29) is 17.5 Å². The molecule has 0 unspecified atom stereocenters. The van der Waals surface area contributed by atoms with Crippen LogP contribution in [0, 0.1) is 12.7 Å². The number of likely N-dealkylation sites (tertiary alicyclic amines) is 1. The number of amides is 1. The number of furan rings is 1. The Hall–Kier alpha value is -2.66. The highest BCUT2D eigenvalue weighted by Gasteiger charge is 2.18. The lowest BCUT2D eigenvalue weighted by Gasteiger charge is -2.14. The fraction of sp³-hybridized carbons (Fsp3) is 0.318. The van der Waals surface area contributed by atoms with Gasteiger partial charge in [-0.05, 0) is 62.2 Å². The van der Waals surface area contributed by atoms with Crippen LogP contribution < -0.4 is 5.32 Å². The molecule has 0 aliphatic carbocycles. The average molecular weight is 366 g/mol. The highest BCUT2D eigenvalue weighted by atomic mass is 19.1. The predicted molar refractivity (Wildman–Crippen MR) is 103 cm³/mol. The van der Waals surface area contributed by atoms with Crippen molar-refractivity contribution in [3.8, 4) is 0 Å². The minimum atomic E-state index is -0.340. The fourth-order valence-corrected chi connectivity index (χ4v) is 3.63. The Labute approximate surface area is 158 Å². The van der Waals surface area contributed by atoms with E-state index < -0.39 is 0 Å². The molecule has 1 fully saturated rings. The Morgan fingerprint density at radius 2 is 1.81 bits per heavy atom. The molecule has 2 heterocycles. The zero-order chi connectivity index (χ0) is 18.8. The molecule has 1 N–H and O–H groups in total. The summed E-state index contributed by atoms with van der Waals surface area (Å²) < 4.78 is 19.0. The van der Waals surface area contributed by atoms with Crippen LogP contribution in [0.5, 0.6) is 0 Å². The van der Waals surface area contributed by atoms with Gasteiger partial charge in [0.1, 0.15) is 11.4 Å². The van der Waals surface area contributed by atoms with Gasteiger partial charge in [0.25, 0.3) is 5.91 Å². The van der Waals surface area contributed by atoms with Gasteiger partial charge in [-0.15, -0.1) is 0 Å². The first-order valence-electron chi connectivity index (χ1n) is 9.37. The zero-order valence-electron chi connectivity index (χ0n) is 15.4. The number of rotatable bonds is 5. The lowest BCUT2D eigenvalue weighted by Crippen LogP contribution is -2.23. The summed E-state index contributed by atoms with van der Waals surface area (Å²) in [6.45, 7) is 5.54. The molecule has 0 saturated carbocycles. The van der Waals surface area contributed by atoms with Gasteiger partial charge in [-0.25, -0.2) is 4.39 Å². The summed E-state index contributed by atoms with van der Waals surface area (Å²) in [6, 6.07) is 12.6. The van der Waals surface area contributed by atoms with Crippen molar-refractivity contribution in [2.75, 3.05) is 13.1 Å². The van der Waals surface area contributed by atoms with Crippen LogP contribution in [0.2, 0.25) is 0 Å². The molecule has 1 aliphatic heterocycles. The summed E-state index contributed by atoms with van der Waals surface area (Å²) in [5.74, 6) is -0.390. The minimum absolute atomic E-state index is 0.237. The van der Waals surface area contributed by atoms with Crippen LogP contribution in [0.1, 0.15) is 40.1 Å². The molecule has 0 atom stereocenters. The van der Waals surface area contributed by atoms with Gasteiger partial charge in [0.2, 0.25) is 0 Å². The Balaban J connectivity index is 1.39. The van der Waals surface area contributed by atoms with Crippen LogP contribution in [0.25, 0.3) is 11.0 Å². The molecule has 27 heavy (non-hydrogen) atoms. The van der Waals surface area contributed by atoms with E-state index in [1.807, 2.05) is 12.1 Å². The van der Waals surface area contributed by atoms with Crippen molar-refractivity contribution in [3.63, 3.8) is 0 Å². The van der Waals surface area contributed by atoms with Gasteiger partial charge < -0.3 is 9.73 Å². The van der Waals surface area contributed by atoms with Gasteiger partial charge in [-0.1, -0.05) is 24.3 Å². The zero-order valence-corrected chi connectivity index (χ0v) is 15.4. The molecule has 4 nitrogen and oxygen atoms in total. The monoisotopic (exact) mass is 366 g/mol. The van der Waals surface area contributed by atoms with Crippen LogP contribution in [-0.2, 0) is 13.1 Å². The summed E-state index contributed by atoms with van der Waals surface area (Å²) in [5, 5.41) is 3.52. The number of carbonyl (C=O) groups is 1. The van der Waals surface area contributed by atoms with Crippen molar-refractivity contribution in [1.29, 1.82) is 0 Å². The third-order valence-corrected chi connectivity index (χ3v) is 5.19. The molecule has 5 heteroatoms. The lowest BCUT2D eigenvalue weighted by molar-refractivity contribution is 0.0924. The molecule has 1 aromatic heterocycles. The molecule has 4 rings (SSSR count). The van der Waals surface area contributed by atoms with E-state index >= 15 is 0 Å². The first-order chi connectivity index (χ1) is 13.1. The van der Waals surface area contributed by atoms with E-state index in [0.29, 0.717) is 23.1 Å². The fourth-order valence-electron chi connectivity index (χ4n) is 3.63. The Kier molecular flexibility index (Phi) is 4.94. The number of carbonyl (C=O) groups excluding carboxylic acids is 1. The van der Waals surface area contributed by atoms with Crippen LogP contribution >= 0.6 is 0 Å². The number of fused-ring (bicyclic) bond motifs is 1. The second-order valence-corrected chi connectivity index (χ2v) is 7.18. The van der Waals surface area contributed by atoms with Crippen LogP contribution in [-0.4, -0.2) is 23.9 Å². The molecule has 1 saturated heterocycles. The van der Waals surface area contributed by atoms with Crippen molar-refractivity contribution in [1.82, 2.24) is 10.2 Å². The Morgan fingerprint density at radius 3 is 2.56 bits per heavy atom. The number of benzene rings is 2. The average Bonchev–Trinajstić information content (AvgIpc) is 3.29. The van der Waals surface area contributed by atoms with Gasteiger partial charge in [-0.2, -0.15) is 0 Å². The molecule has 2 aromatic carbocycles. The smallest absolute Gasteiger partial charge is 0.287 e. The van der Waals surface area contributed by atoms with E-state index in [2.05, 4.69) is 22.3 Å². The summed E-state index contributed by atoms with van der Waals surface area (Å²) in [7, 11) is 0. The third-order valence-electron chi connectivity index (χ3n) is 5.19. The number of hydrogen-bond acceptors (Lipinski definition) is 3. The second-order valence-electron chi connectivity index (χ2n) is 7.18. The molecule has 3 aromatic rings. The molecule has 0 spiro atoms. The number of aryl methyl sites for hydroxylation is 1. The van der Waals surface area contributed by atoms with Gasteiger partial charge in [-0.3, -0.25) is 9.69 Å². The molecule has 140 valence electrons. The van der Waals surface area contributed by atoms with Crippen molar-refractivity contribution in [2.24, 2.45) is 0 Å². The Morgan fingerprint density at radius 1 is 1.11 bits per heavy atom. The van der Waals surface area contributed by atoms with Crippen molar-refractivity contribution < 1.29 is 13.6 Å². The highest BCUT2D eigenvalue weighted by Crippen LogP contribution is 2.26. The lowest BCUT2D eigenvalue weighted by atomic mass is 10.1. The third kappa shape index (κ3) is 3.88. The number of nitrogens with zero attached hydrogens (tertiary/aromatic N) is 1. The quantitative estimate of drug-likeness (QED) is 0.728. The maximum atomic E-state index is 13.4. The summed E-state index contributed by atoms with van der Waals surface area (Å²) in [4.78, 5) is 14.9. The molecular weight excluding hydrogens is 343 g/mol. The standard InChI is InChI=1S/C22H23FN2O2/c1-15-19-12-18(23)8-9-20(19)27-21(15)22(26)24-13-16-4-6-17(7-5-16)14-25-10-2-3-11-25/h4-9,12H,2-3,10-11,13-14H2,1H3,(H,24,26). The number of nitrogens with one attached hydrogen (secondary N) is 1. The summed E-state index contributed by atoms with van der Waals surface area (Å²) in [5.41, 5.74) is 3.50. The maximum Gasteiger partial charge on any atom is 0.287 e. The van der Waals surface area contributed by atoms with Crippen LogP contribution in [0.4, 0.5) is 4.39 Å². The topological polar surface area (TPSA) is 45.5 Å². The van der Waals surface area contributed by atoms with E-state index in [1.165, 1.54) is 43.6 Å². The highest BCUT2D eigenvalue weighted by molar-refractivity contribution is 5.98. The molecule has 1 amide bonds. The predicted octanol–water partition coefficient (Wildman–Crippen LogP) is 4.41. The van der Waals surface area contributed by atoms with Crippen molar-refractivity contribution >= 4 is 16.9 Å². The van der Waals surface area contributed by atoms with Crippen molar-refractivity contribution in [3.05, 3.63) is 70.7 Å². The largest absolute Gasteiger partial charge is 0.451 e. The number of hydrogen-bond donors (Lipinski definition) is 1.